The number of unbranched alkanes of at least 4 members (excludes halogenated alkanes) is 2. The molecule has 0 unspecified atom stereocenters. The molecule has 0 atom stereocenters. The molecule has 1 aromatic carbocycles. The molecule has 1 aromatic rings. The molecule has 0 fully saturated rings. The van der Waals surface area contributed by atoms with Crippen LogP contribution >= 0.6 is 0 Å². The number of hydrogen-bond donors (Lipinski definition) is 0. The van der Waals surface area contributed by atoms with Gasteiger partial charge in [0.25, 0.3) is 0 Å². The normalized spacial score (nSPS) is 11.8. The summed E-state index contributed by atoms with van der Waals surface area (Å²) in [6.45, 7) is 6.50. The lowest BCUT2D eigenvalue weighted by Crippen LogP contribution is -1.86. The highest BCUT2D eigenvalue weighted by molar-refractivity contribution is 5.63. The number of hydrogen-bond acceptors (Lipinski definition) is 0. The minimum absolute atomic E-state index is 1.23. The smallest absolute Gasteiger partial charge is 0.0230 e. The maximum absolute atomic E-state index is 2.26. The molecule has 0 aliphatic heterocycles. The van der Waals surface area contributed by atoms with Crippen molar-refractivity contribution in [2.75, 3.05) is 0 Å². The molecule has 0 saturated heterocycles. The van der Waals surface area contributed by atoms with Crippen molar-refractivity contribution >= 4 is 5.57 Å². The van der Waals surface area contributed by atoms with Crippen molar-refractivity contribution < 1.29 is 0 Å². The summed E-state index contributed by atoms with van der Waals surface area (Å²) in [5.41, 5.74) is 4.17. The lowest BCUT2D eigenvalue weighted by molar-refractivity contribution is 0.717. The van der Waals surface area contributed by atoms with Crippen LogP contribution in [0.1, 0.15) is 51.2 Å². The summed E-state index contributed by atoms with van der Waals surface area (Å²) in [5, 5.41) is 0. The topological polar surface area (TPSA) is 0 Å². The van der Waals surface area contributed by atoms with Gasteiger partial charge in [-0.25, -0.2) is 0 Å². The van der Waals surface area contributed by atoms with Crippen molar-refractivity contribution in [2.24, 2.45) is 0 Å². The molecule has 0 amide bonds. The Bertz CT molecular complexity index is 303. The van der Waals surface area contributed by atoms with Gasteiger partial charge in [-0.15, -0.1) is 0 Å². The van der Waals surface area contributed by atoms with E-state index >= 15 is 0 Å². The molecule has 15 heavy (non-hydrogen) atoms. The van der Waals surface area contributed by atoms with E-state index < -0.39 is 0 Å². The predicted octanol–water partition coefficient (Wildman–Crippen LogP) is 4.84. The van der Waals surface area contributed by atoms with Gasteiger partial charge in [-0.2, -0.15) is 0 Å². The van der Waals surface area contributed by atoms with Crippen LogP contribution < -0.4 is 0 Å². The first-order valence-electron chi connectivity index (χ1n) is 6.00. The van der Waals surface area contributed by atoms with Crippen molar-refractivity contribution in [1.29, 1.82) is 0 Å². The Hall–Kier alpha value is -1.04. The SMILES string of the molecule is C/C=C(\C)c1ccc(CCCCC)cc1. The molecule has 0 N–H and O–H groups in total. The van der Waals surface area contributed by atoms with Crippen LogP contribution in [0.5, 0.6) is 0 Å². The lowest BCUT2D eigenvalue weighted by atomic mass is 10.0. The molecule has 0 aliphatic rings. The van der Waals surface area contributed by atoms with Crippen LogP contribution in [0.15, 0.2) is 30.3 Å². The minimum atomic E-state index is 1.23. The summed E-state index contributed by atoms with van der Waals surface area (Å²) in [6.07, 6.45) is 7.35. The van der Waals surface area contributed by atoms with Gasteiger partial charge in [0.15, 0.2) is 0 Å². The molecule has 0 saturated carbocycles. The van der Waals surface area contributed by atoms with Crippen molar-refractivity contribution in [3.05, 3.63) is 41.5 Å². The van der Waals surface area contributed by atoms with Crippen molar-refractivity contribution in [3.63, 3.8) is 0 Å². The molecule has 0 nitrogen and oxygen atoms in total. The second-order valence-electron chi connectivity index (χ2n) is 4.13. The molecule has 0 radical (unpaired) electrons. The van der Waals surface area contributed by atoms with Crippen LogP contribution in [0.4, 0.5) is 0 Å². The Morgan fingerprint density at radius 3 is 2.33 bits per heavy atom. The van der Waals surface area contributed by atoms with E-state index in [0.29, 0.717) is 0 Å². The molecule has 0 bridgehead atoms. The van der Waals surface area contributed by atoms with E-state index in [0.717, 1.165) is 0 Å². The lowest BCUT2D eigenvalue weighted by Gasteiger charge is -2.04. The van der Waals surface area contributed by atoms with E-state index in [2.05, 4.69) is 51.1 Å². The summed E-state index contributed by atoms with van der Waals surface area (Å²) in [6, 6.07) is 8.99. The highest BCUT2D eigenvalue weighted by atomic mass is 14.0. The molecular weight excluding hydrogens is 180 g/mol. The molecule has 0 aliphatic carbocycles. The quantitative estimate of drug-likeness (QED) is 0.599. The third-order valence-corrected chi connectivity index (χ3v) is 2.91. The van der Waals surface area contributed by atoms with E-state index in [4.69, 9.17) is 0 Å². The van der Waals surface area contributed by atoms with E-state index in [1.165, 1.54) is 42.4 Å². The minimum Gasteiger partial charge on any atom is -0.0841 e. The Morgan fingerprint density at radius 2 is 1.80 bits per heavy atom. The van der Waals surface area contributed by atoms with Gasteiger partial charge >= 0.3 is 0 Å². The van der Waals surface area contributed by atoms with Crippen LogP contribution in [-0.2, 0) is 6.42 Å². The molecule has 0 spiro atoms. The predicted molar refractivity (Wildman–Crippen MR) is 69.0 cm³/mol. The van der Waals surface area contributed by atoms with Crippen LogP contribution in [0.3, 0.4) is 0 Å². The third kappa shape index (κ3) is 3.91. The number of rotatable bonds is 5. The van der Waals surface area contributed by atoms with Crippen molar-refractivity contribution in [3.8, 4) is 0 Å². The largest absolute Gasteiger partial charge is 0.0841 e. The average molecular weight is 202 g/mol. The van der Waals surface area contributed by atoms with Gasteiger partial charge in [-0.05, 0) is 43.4 Å². The first-order chi connectivity index (χ1) is 7.27. The van der Waals surface area contributed by atoms with Gasteiger partial charge in [0.05, 0.1) is 0 Å². The van der Waals surface area contributed by atoms with E-state index in [1.807, 2.05) is 0 Å². The summed E-state index contributed by atoms with van der Waals surface area (Å²) >= 11 is 0. The Balaban J connectivity index is 2.56. The molecule has 0 heterocycles. The average Bonchev–Trinajstić information content (AvgIpc) is 2.29. The summed E-state index contributed by atoms with van der Waals surface area (Å²) in [7, 11) is 0. The van der Waals surface area contributed by atoms with Gasteiger partial charge in [0, 0.05) is 0 Å². The third-order valence-electron chi connectivity index (χ3n) is 2.91. The fraction of sp³-hybridized carbons (Fsp3) is 0.467. The van der Waals surface area contributed by atoms with Gasteiger partial charge in [-0.1, -0.05) is 50.1 Å². The molecule has 0 aromatic heterocycles. The van der Waals surface area contributed by atoms with Crippen LogP contribution in [0.25, 0.3) is 5.57 Å². The second-order valence-corrected chi connectivity index (χ2v) is 4.13. The van der Waals surface area contributed by atoms with Crippen LogP contribution in [0, 0.1) is 0 Å². The van der Waals surface area contributed by atoms with E-state index in [1.54, 1.807) is 0 Å². The monoisotopic (exact) mass is 202 g/mol. The van der Waals surface area contributed by atoms with Crippen molar-refractivity contribution in [1.82, 2.24) is 0 Å². The maximum atomic E-state index is 2.26. The highest BCUT2D eigenvalue weighted by Crippen LogP contribution is 2.15. The van der Waals surface area contributed by atoms with Gasteiger partial charge in [-0.3, -0.25) is 0 Å². The zero-order valence-electron chi connectivity index (χ0n) is 10.2. The summed E-state index contributed by atoms with van der Waals surface area (Å²) in [4.78, 5) is 0. The Labute approximate surface area is 94.0 Å². The molecule has 0 heteroatoms. The zero-order chi connectivity index (χ0) is 11.1. The first-order valence-corrected chi connectivity index (χ1v) is 6.00. The molecular formula is C15H22. The summed E-state index contributed by atoms with van der Waals surface area (Å²) in [5.74, 6) is 0. The van der Waals surface area contributed by atoms with Crippen LogP contribution in [0.2, 0.25) is 0 Å². The van der Waals surface area contributed by atoms with Gasteiger partial charge in [0.2, 0.25) is 0 Å². The molecule has 82 valence electrons. The van der Waals surface area contributed by atoms with Crippen LogP contribution in [-0.4, -0.2) is 0 Å². The van der Waals surface area contributed by atoms with E-state index in [-0.39, 0.29) is 0 Å². The molecule has 1 rings (SSSR count). The van der Waals surface area contributed by atoms with Crippen molar-refractivity contribution in [2.45, 2.75) is 46.5 Å². The number of aryl methyl sites for hydroxylation is 1. The Morgan fingerprint density at radius 1 is 1.13 bits per heavy atom. The first kappa shape index (κ1) is 12.0. The fourth-order valence-electron chi connectivity index (χ4n) is 1.68. The number of allylic oxidation sites excluding steroid dienone is 2. The highest BCUT2D eigenvalue weighted by Gasteiger charge is 1.96. The zero-order valence-corrected chi connectivity index (χ0v) is 10.2. The summed E-state index contributed by atoms with van der Waals surface area (Å²) < 4.78 is 0. The van der Waals surface area contributed by atoms with Gasteiger partial charge < -0.3 is 0 Å². The maximum Gasteiger partial charge on any atom is -0.0230 e. The Kier molecular flexibility index (Phi) is 5.17. The second kappa shape index (κ2) is 6.44. The van der Waals surface area contributed by atoms with E-state index in [9.17, 15) is 0 Å². The van der Waals surface area contributed by atoms with Gasteiger partial charge in [0.1, 0.15) is 0 Å². The number of benzene rings is 1. The standard InChI is InChI=1S/C15H22/c1-4-6-7-8-14-9-11-15(12-10-14)13(3)5-2/h5,9-12H,4,6-8H2,1-3H3/b13-5+. The fourth-order valence-corrected chi connectivity index (χ4v) is 1.68.